The van der Waals surface area contributed by atoms with E-state index in [0.29, 0.717) is 11.5 Å². The molecule has 0 aliphatic heterocycles. The van der Waals surface area contributed by atoms with Crippen molar-refractivity contribution in [2.75, 3.05) is 0 Å². The predicted molar refractivity (Wildman–Crippen MR) is 120 cm³/mol. The largest absolute Gasteiger partial charge is 2.00 e. The second kappa shape index (κ2) is 12.6. The molecule has 25 heavy (non-hydrogen) atoms. The molecule has 0 bridgehead atoms. The molecule has 0 saturated heterocycles. The van der Waals surface area contributed by atoms with Crippen molar-refractivity contribution >= 4 is 37.2 Å². The van der Waals surface area contributed by atoms with Crippen molar-refractivity contribution < 1.29 is 31.3 Å². The van der Waals surface area contributed by atoms with Crippen LogP contribution in [0.2, 0.25) is 0 Å². The van der Waals surface area contributed by atoms with E-state index in [4.69, 9.17) is 0 Å². The van der Waals surface area contributed by atoms with Gasteiger partial charge in [0.05, 0.1) is 0 Å². The van der Waals surface area contributed by atoms with Crippen molar-refractivity contribution in [1.82, 2.24) is 0 Å². The molecule has 5 heteroatoms. The smallest absolute Gasteiger partial charge is 0.533 e. The van der Waals surface area contributed by atoms with Gasteiger partial charge in [-0.3, -0.25) is 0 Å². The minimum atomic E-state index is 0. The molecule has 0 atom stereocenters. The van der Waals surface area contributed by atoms with Gasteiger partial charge in [0, 0.05) is 48.7 Å². The van der Waals surface area contributed by atoms with Gasteiger partial charge in [-0.05, 0) is 0 Å². The summed E-state index contributed by atoms with van der Waals surface area (Å²) in [7, 11) is 0. The fraction of sp³-hybridized carbons (Fsp3) is 0.400. The zero-order valence-corrected chi connectivity index (χ0v) is 23.3. The molecule has 2 aromatic carbocycles. The van der Waals surface area contributed by atoms with E-state index in [2.05, 4.69) is 49.4 Å². The van der Waals surface area contributed by atoms with E-state index in [0.717, 1.165) is 44.5 Å². The van der Waals surface area contributed by atoms with Crippen molar-refractivity contribution in [2.45, 2.75) is 55.4 Å². The zero-order chi connectivity index (χ0) is 19.2. The molecule has 138 valence electrons. The van der Waals surface area contributed by atoms with E-state index in [1.807, 2.05) is 55.4 Å². The SMILES string of the molecule is Cc1[c-]c(C)c(C)c(O)c1C.Cc1[c-]c(C)c(C)c(O)c1C.II.[W+2]. The number of benzene rings is 2. The monoisotopic (exact) mass is 736 g/mol. The van der Waals surface area contributed by atoms with Crippen LogP contribution in [0.4, 0.5) is 0 Å². The minimum Gasteiger partial charge on any atom is -0.533 e. The molecular formula is C20H26I2O2W. The first-order valence-corrected chi connectivity index (χ1v) is 13.9. The number of aryl methyl sites for hydroxylation is 4. The van der Waals surface area contributed by atoms with Gasteiger partial charge < -0.3 is 10.2 Å². The van der Waals surface area contributed by atoms with Crippen LogP contribution in [0.5, 0.6) is 11.5 Å². The van der Waals surface area contributed by atoms with Crippen molar-refractivity contribution in [2.24, 2.45) is 0 Å². The summed E-state index contributed by atoms with van der Waals surface area (Å²) in [5.74, 6) is 0.831. The normalized spacial score (nSPS) is 9.20. The molecule has 0 spiro atoms. The third-order valence-electron chi connectivity index (χ3n) is 4.42. The average molecular weight is 736 g/mol. The average Bonchev–Trinajstić information content (AvgIpc) is 2.57. The standard InChI is InChI=1S/2C10H13O.I2.W/c2*1-6-5-7(2)9(4)10(11)8(6)3;1-2;/h2*11H,1-4H3;;/q2*-1;;+2. The van der Waals surface area contributed by atoms with Crippen LogP contribution in [0.15, 0.2) is 0 Å². The number of halogens is 2. The summed E-state index contributed by atoms with van der Waals surface area (Å²) in [5, 5.41) is 19.1. The number of rotatable bonds is 0. The van der Waals surface area contributed by atoms with Gasteiger partial charge in [-0.1, -0.05) is 55.4 Å². The molecule has 2 aromatic rings. The van der Waals surface area contributed by atoms with Crippen molar-refractivity contribution in [3.05, 3.63) is 56.6 Å². The van der Waals surface area contributed by atoms with Gasteiger partial charge in [0.25, 0.3) is 0 Å². The van der Waals surface area contributed by atoms with Gasteiger partial charge in [-0.15, -0.1) is 22.3 Å². The van der Waals surface area contributed by atoms with Gasteiger partial charge in [-0.2, -0.15) is 34.4 Å². The van der Waals surface area contributed by atoms with Crippen LogP contribution in [0.3, 0.4) is 0 Å². The van der Waals surface area contributed by atoms with Crippen molar-refractivity contribution in [1.29, 1.82) is 0 Å². The van der Waals surface area contributed by atoms with E-state index >= 15 is 0 Å². The molecular weight excluding hydrogens is 710 g/mol. The molecule has 0 radical (unpaired) electrons. The maximum atomic E-state index is 9.55. The van der Waals surface area contributed by atoms with E-state index in [9.17, 15) is 10.2 Å². The van der Waals surface area contributed by atoms with Gasteiger partial charge in [0.15, 0.2) is 0 Å². The maximum Gasteiger partial charge on any atom is 2.00 e. The van der Waals surface area contributed by atoms with Crippen LogP contribution in [0.25, 0.3) is 0 Å². The Morgan fingerprint density at radius 2 is 0.680 bits per heavy atom. The molecule has 0 saturated carbocycles. The van der Waals surface area contributed by atoms with Crippen LogP contribution < -0.4 is 0 Å². The summed E-state index contributed by atoms with van der Waals surface area (Å²) in [6.45, 7) is 15.5. The Hall–Kier alpha value is 0.188. The van der Waals surface area contributed by atoms with Gasteiger partial charge >= 0.3 is 21.1 Å². The predicted octanol–water partition coefficient (Wildman–Crippen LogP) is 6.62. The molecule has 2 N–H and O–H groups in total. The summed E-state index contributed by atoms with van der Waals surface area (Å²) in [5.41, 5.74) is 7.88. The summed E-state index contributed by atoms with van der Waals surface area (Å²) in [4.78, 5) is 0. The molecule has 0 heterocycles. The summed E-state index contributed by atoms with van der Waals surface area (Å²) in [6, 6.07) is 6.38. The third-order valence-corrected chi connectivity index (χ3v) is 4.42. The Bertz CT molecular complexity index is 600. The first-order valence-electron chi connectivity index (χ1n) is 7.59. The van der Waals surface area contributed by atoms with Gasteiger partial charge in [0.1, 0.15) is 0 Å². The second-order valence-corrected chi connectivity index (χ2v) is 5.95. The Morgan fingerprint density at radius 1 is 0.520 bits per heavy atom. The quantitative estimate of drug-likeness (QED) is 0.236. The topological polar surface area (TPSA) is 40.5 Å². The summed E-state index contributed by atoms with van der Waals surface area (Å²) < 4.78 is 0. The van der Waals surface area contributed by atoms with Gasteiger partial charge in [0.2, 0.25) is 0 Å². The van der Waals surface area contributed by atoms with Crippen LogP contribution in [-0.2, 0) is 21.1 Å². The Morgan fingerprint density at radius 3 is 0.840 bits per heavy atom. The molecule has 0 amide bonds. The van der Waals surface area contributed by atoms with Crippen molar-refractivity contribution in [3.8, 4) is 11.5 Å². The van der Waals surface area contributed by atoms with E-state index < -0.39 is 0 Å². The fourth-order valence-electron chi connectivity index (χ4n) is 2.21. The minimum absolute atomic E-state index is 0. The van der Waals surface area contributed by atoms with Crippen LogP contribution in [0, 0.1) is 67.5 Å². The van der Waals surface area contributed by atoms with E-state index in [-0.39, 0.29) is 21.1 Å². The first-order chi connectivity index (χ1) is 11.1. The molecule has 0 aliphatic rings. The number of phenolic OH excluding ortho intramolecular Hbond substituents is 2. The van der Waals surface area contributed by atoms with E-state index in [1.54, 1.807) is 0 Å². The Balaban J connectivity index is 0. The molecule has 2 rings (SSSR count). The number of hydrogen-bond donors (Lipinski definition) is 2. The van der Waals surface area contributed by atoms with Crippen molar-refractivity contribution in [3.63, 3.8) is 0 Å². The summed E-state index contributed by atoms with van der Waals surface area (Å²) >= 11 is 4.24. The number of hydrogen-bond acceptors (Lipinski definition) is 2. The van der Waals surface area contributed by atoms with Crippen LogP contribution in [-0.4, -0.2) is 10.2 Å². The molecule has 0 aliphatic carbocycles. The third kappa shape index (κ3) is 7.37. The molecule has 2 nitrogen and oxygen atoms in total. The van der Waals surface area contributed by atoms with Gasteiger partial charge in [-0.25, -0.2) is 0 Å². The molecule has 0 fully saturated rings. The summed E-state index contributed by atoms with van der Waals surface area (Å²) in [6.07, 6.45) is 0. The van der Waals surface area contributed by atoms with E-state index in [1.165, 1.54) is 0 Å². The molecule has 0 aromatic heterocycles. The Kier molecular flexibility index (Phi) is 13.8. The fourth-order valence-corrected chi connectivity index (χ4v) is 2.21. The molecule has 0 unspecified atom stereocenters. The first kappa shape index (κ1) is 27.4. The number of aromatic hydroxyl groups is 2. The van der Waals surface area contributed by atoms with Crippen LogP contribution >= 0.6 is 37.2 Å². The second-order valence-electron chi connectivity index (χ2n) is 5.95. The Labute approximate surface area is 190 Å². The maximum absolute atomic E-state index is 9.55. The number of phenols is 2. The van der Waals surface area contributed by atoms with Crippen LogP contribution in [0.1, 0.15) is 44.5 Å². The zero-order valence-electron chi connectivity index (χ0n) is 16.1.